The molecule has 164 valence electrons. The molecule has 1 heterocycles. The van der Waals surface area contributed by atoms with Gasteiger partial charge in [0.1, 0.15) is 12.4 Å². The number of hydrogen-bond acceptors (Lipinski definition) is 5. The summed E-state index contributed by atoms with van der Waals surface area (Å²) in [6.45, 7) is 0.762. The molecule has 0 bridgehead atoms. The zero-order valence-electron chi connectivity index (χ0n) is 17.5. The molecule has 32 heavy (non-hydrogen) atoms. The van der Waals surface area contributed by atoms with Crippen molar-refractivity contribution in [3.8, 4) is 5.75 Å². The minimum absolute atomic E-state index is 0.0321. The third-order valence-electron chi connectivity index (χ3n) is 5.37. The topological polar surface area (TPSA) is 75.9 Å². The van der Waals surface area contributed by atoms with Gasteiger partial charge in [0.2, 0.25) is 5.91 Å². The van der Waals surface area contributed by atoms with Gasteiger partial charge >= 0.3 is 0 Å². The highest BCUT2D eigenvalue weighted by molar-refractivity contribution is 6.31. The van der Waals surface area contributed by atoms with E-state index in [9.17, 15) is 14.9 Å². The fourth-order valence-corrected chi connectivity index (χ4v) is 4.04. The fraction of sp³-hybridized carbons (Fsp3) is 0.208. The van der Waals surface area contributed by atoms with Gasteiger partial charge in [-0.3, -0.25) is 24.7 Å². The molecule has 0 N–H and O–H groups in total. The van der Waals surface area contributed by atoms with Crippen LogP contribution in [0.3, 0.4) is 0 Å². The predicted octanol–water partition coefficient (Wildman–Crippen LogP) is 4.85. The van der Waals surface area contributed by atoms with Crippen molar-refractivity contribution in [3.05, 3.63) is 99.1 Å². The van der Waals surface area contributed by atoms with E-state index in [-0.39, 0.29) is 24.2 Å². The van der Waals surface area contributed by atoms with Crippen LogP contribution in [0.5, 0.6) is 5.75 Å². The van der Waals surface area contributed by atoms with Crippen molar-refractivity contribution in [2.24, 2.45) is 0 Å². The molecule has 0 aliphatic carbocycles. The molecule has 3 aromatic carbocycles. The smallest absolute Gasteiger partial charge is 0.269 e. The van der Waals surface area contributed by atoms with Crippen LogP contribution in [0.2, 0.25) is 5.02 Å². The second kappa shape index (κ2) is 9.38. The quantitative estimate of drug-likeness (QED) is 0.395. The van der Waals surface area contributed by atoms with Crippen molar-refractivity contribution < 1.29 is 14.5 Å². The highest BCUT2D eigenvalue weighted by Crippen LogP contribution is 2.39. The van der Waals surface area contributed by atoms with Crippen molar-refractivity contribution in [1.82, 2.24) is 4.90 Å². The highest BCUT2D eigenvalue weighted by Gasteiger charge is 2.33. The van der Waals surface area contributed by atoms with Gasteiger partial charge in [-0.15, -0.1) is 0 Å². The Balaban J connectivity index is 1.57. The van der Waals surface area contributed by atoms with Gasteiger partial charge in [0.15, 0.2) is 0 Å². The number of benzene rings is 3. The Morgan fingerprint density at radius 1 is 1.16 bits per heavy atom. The van der Waals surface area contributed by atoms with E-state index in [2.05, 4.69) is 0 Å². The summed E-state index contributed by atoms with van der Waals surface area (Å²) in [6.07, 6.45) is 0. The molecule has 1 amide bonds. The molecule has 0 radical (unpaired) electrons. The largest absolute Gasteiger partial charge is 0.489 e. The van der Waals surface area contributed by atoms with E-state index in [1.165, 1.54) is 18.2 Å². The van der Waals surface area contributed by atoms with Crippen LogP contribution >= 0.6 is 11.6 Å². The molecule has 0 saturated heterocycles. The predicted molar refractivity (Wildman–Crippen MR) is 123 cm³/mol. The summed E-state index contributed by atoms with van der Waals surface area (Å²) in [7, 11) is 1.79. The van der Waals surface area contributed by atoms with Crippen LogP contribution in [-0.2, 0) is 11.3 Å². The first-order valence-electron chi connectivity index (χ1n) is 10.1. The number of amides is 1. The molecule has 1 aliphatic heterocycles. The Labute approximate surface area is 190 Å². The number of nitro groups is 1. The van der Waals surface area contributed by atoms with E-state index in [4.69, 9.17) is 16.3 Å². The van der Waals surface area contributed by atoms with Gasteiger partial charge in [-0.25, -0.2) is 0 Å². The summed E-state index contributed by atoms with van der Waals surface area (Å²) in [5.41, 5.74) is 2.27. The average Bonchev–Trinajstić information content (AvgIpc) is 2.80. The maximum absolute atomic E-state index is 13.5. The normalized spacial score (nSPS) is 15.2. The van der Waals surface area contributed by atoms with Crippen LogP contribution in [0.15, 0.2) is 72.8 Å². The minimum Gasteiger partial charge on any atom is -0.489 e. The third-order valence-corrected chi connectivity index (χ3v) is 5.74. The standard InChI is InChI=1S/C24H22ClN3O4/c1-26(14-18-13-19(28(30)31)11-12-20(18)25)15-24(29)27-21-9-5-6-10-23(21)32-16-22(27)17-7-3-2-4-8-17/h2-13,22H,14-16H2,1H3/t22-/m0/s1. The van der Waals surface area contributed by atoms with E-state index in [1.54, 1.807) is 16.8 Å². The van der Waals surface area contributed by atoms with E-state index < -0.39 is 4.92 Å². The summed E-state index contributed by atoms with van der Waals surface area (Å²) >= 11 is 6.24. The lowest BCUT2D eigenvalue weighted by Crippen LogP contribution is -2.45. The number of ether oxygens (including phenoxy) is 1. The molecule has 0 aromatic heterocycles. The fourth-order valence-electron chi connectivity index (χ4n) is 3.87. The number of halogens is 1. The van der Waals surface area contributed by atoms with E-state index in [0.717, 1.165) is 11.3 Å². The van der Waals surface area contributed by atoms with Gasteiger partial charge in [0.05, 0.1) is 23.2 Å². The van der Waals surface area contributed by atoms with Gasteiger partial charge in [-0.2, -0.15) is 0 Å². The molecule has 0 unspecified atom stereocenters. The van der Waals surface area contributed by atoms with Gasteiger partial charge in [-0.05, 0) is 36.4 Å². The monoisotopic (exact) mass is 451 g/mol. The van der Waals surface area contributed by atoms with Crippen molar-refractivity contribution in [3.63, 3.8) is 0 Å². The summed E-state index contributed by atoms with van der Waals surface area (Å²) in [4.78, 5) is 27.7. The Hall–Kier alpha value is -3.42. The first kappa shape index (κ1) is 21.8. The molecule has 7 nitrogen and oxygen atoms in total. The number of hydrogen-bond donors (Lipinski definition) is 0. The van der Waals surface area contributed by atoms with E-state index in [0.29, 0.717) is 29.5 Å². The van der Waals surface area contributed by atoms with Crippen molar-refractivity contribution >= 4 is 28.9 Å². The average molecular weight is 452 g/mol. The molecule has 4 rings (SSSR count). The summed E-state index contributed by atoms with van der Waals surface area (Å²) in [6, 6.07) is 21.3. The number of para-hydroxylation sites is 2. The summed E-state index contributed by atoms with van der Waals surface area (Å²) in [5.74, 6) is 0.566. The zero-order valence-corrected chi connectivity index (χ0v) is 18.2. The van der Waals surface area contributed by atoms with E-state index in [1.807, 2.05) is 54.6 Å². The van der Waals surface area contributed by atoms with Gasteiger partial charge < -0.3 is 4.74 Å². The number of carbonyl (C=O) groups is 1. The maximum atomic E-state index is 13.5. The molecule has 8 heteroatoms. The Bertz CT molecular complexity index is 1140. The Kier molecular flexibility index (Phi) is 6.39. The molecular formula is C24H22ClN3O4. The Morgan fingerprint density at radius 3 is 2.62 bits per heavy atom. The number of rotatable bonds is 6. The molecule has 1 aliphatic rings. The van der Waals surface area contributed by atoms with Crippen LogP contribution in [0.4, 0.5) is 11.4 Å². The van der Waals surface area contributed by atoms with Crippen molar-refractivity contribution in [1.29, 1.82) is 0 Å². The van der Waals surface area contributed by atoms with Gasteiger partial charge in [0, 0.05) is 23.7 Å². The molecule has 0 saturated carbocycles. The van der Waals surface area contributed by atoms with Crippen molar-refractivity contribution in [2.75, 3.05) is 25.1 Å². The number of nitrogens with zero attached hydrogens (tertiary/aromatic N) is 3. The number of anilines is 1. The molecule has 3 aromatic rings. The number of likely N-dealkylation sites (N-methyl/N-ethyl adjacent to an activating group) is 1. The third kappa shape index (κ3) is 4.59. The number of nitro benzene ring substituents is 1. The van der Waals surface area contributed by atoms with E-state index >= 15 is 0 Å². The maximum Gasteiger partial charge on any atom is 0.269 e. The van der Waals surface area contributed by atoms with Crippen LogP contribution in [0.1, 0.15) is 17.2 Å². The molecule has 0 spiro atoms. The lowest BCUT2D eigenvalue weighted by Gasteiger charge is -2.38. The number of fused-ring (bicyclic) bond motifs is 1. The first-order valence-corrected chi connectivity index (χ1v) is 10.5. The van der Waals surface area contributed by atoms with Gasteiger partial charge in [0.25, 0.3) is 5.69 Å². The second-order valence-electron chi connectivity index (χ2n) is 7.67. The first-order chi connectivity index (χ1) is 15.4. The second-order valence-corrected chi connectivity index (χ2v) is 8.08. The Morgan fingerprint density at radius 2 is 1.88 bits per heavy atom. The summed E-state index contributed by atoms with van der Waals surface area (Å²) in [5, 5.41) is 11.5. The SMILES string of the molecule is CN(CC(=O)N1c2ccccc2OC[C@H]1c1ccccc1)Cc1cc([N+](=O)[O-])ccc1Cl. The molecule has 1 atom stereocenters. The summed E-state index contributed by atoms with van der Waals surface area (Å²) < 4.78 is 5.93. The van der Waals surface area contributed by atoms with Crippen LogP contribution in [0.25, 0.3) is 0 Å². The number of non-ortho nitro benzene ring substituents is 1. The van der Waals surface area contributed by atoms with Crippen LogP contribution in [0, 0.1) is 10.1 Å². The zero-order chi connectivity index (χ0) is 22.7. The van der Waals surface area contributed by atoms with Crippen molar-refractivity contribution in [2.45, 2.75) is 12.6 Å². The minimum atomic E-state index is -0.458. The lowest BCUT2D eigenvalue weighted by molar-refractivity contribution is -0.384. The highest BCUT2D eigenvalue weighted by atomic mass is 35.5. The molecule has 0 fully saturated rings. The number of carbonyl (C=O) groups excluding carboxylic acids is 1. The van der Waals surface area contributed by atoms with Crippen LogP contribution in [-0.4, -0.2) is 35.9 Å². The lowest BCUT2D eigenvalue weighted by atomic mass is 10.0. The van der Waals surface area contributed by atoms with Gasteiger partial charge in [-0.1, -0.05) is 54.1 Å². The molecular weight excluding hydrogens is 430 g/mol. The van der Waals surface area contributed by atoms with Crippen LogP contribution < -0.4 is 9.64 Å².